The molecule has 29 heavy (non-hydrogen) atoms. The lowest BCUT2D eigenvalue weighted by Crippen LogP contribution is -2.31. The number of anilines is 1. The third-order valence-corrected chi connectivity index (χ3v) is 5.07. The van der Waals surface area contributed by atoms with E-state index in [4.69, 9.17) is 18.8 Å². The van der Waals surface area contributed by atoms with Crippen LogP contribution in [0.25, 0.3) is 0 Å². The van der Waals surface area contributed by atoms with Crippen LogP contribution in [0.1, 0.15) is 0 Å². The monoisotopic (exact) mass is 426 g/mol. The van der Waals surface area contributed by atoms with Gasteiger partial charge in [-0.1, -0.05) is 6.07 Å². The van der Waals surface area contributed by atoms with Gasteiger partial charge in [-0.25, -0.2) is 9.18 Å². The topological polar surface area (TPSA) is 114 Å². The molecule has 0 spiro atoms. The maximum atomic E-state index is 12.9. The van der Waals surface area contributed by atoms with Crippen LogP contribution in [0.5, 0.6) is 11.5 Å². The van der Waals surface area contributed by atoms with Crippen LogP contribution < -0.4 is 13.6 Å². The average Bonchev–Trinajstić information content (AvgIpc) is 3.06. The first kappa shape index (κ1) is 20.7. The molecule has 11 heteroatoms. The molecule has 1 aliphatic heterocycles. The zero-order chi connectivity index (χ0) is 21.0. The number of likely N-dealkylation sites (tertiary alicyclic amines) is 1. The molecule has 1 amide bonds. The summed E-state index contributed by atoms with van der Waals surface area (Å²) in [5.74, 6) is -0.240. The van der Waals surface area contributed by atoms with Gasteiger partial charge in [-0.3, -0.25) is 4.72 Å². The summed E-state index contributed by atoms with van der Waals surface area (Å²) in [5.41, 5.74) is 0.173. The van der Waals surface area contributed by atoms with Crippen molar-refractivity contribution in [3.63, 3.8) is 0 Å². The van der Waals surface area contributed by atoms with Crippen LogP contribution in [0.2, 0.25) is 0 Å². The summed E-state index contributed by atoms with van der Waals surface area (Å²) in [6.45, 7) is 0.297. The zero-order valence-corrected chi connectivity index (χ0v) is 16.1. The molecule has 0 unspecified atom stereocenters. The lowest BCUT2D eigenvalue weighted by atomic mass is 10.2. The van der Waals surface area contributed by atoms with E-state index in [1.807, 2.05) is 0 Å². The van der Waals surface area contributed by atoms with Gasteiger partial charge in [0.05, 0.1) is 18.8 Å². The molecule has 0 radical (unpaired) electrons. The Kier molecular flexibility index (Phi) is 6.09. The van der Waals surface area contributed by atoms with E-state index in [2.05, 4.69) is 4.72 Å². The van der Waals surface area contributed by atoms with Gasteiger partial charge in [-0.05, 0) is 36.4 Å². The predicted molar refractivity (Wildman–Crippen MR) is 101 cm³/mol. The molecule has 0 aliphatic carbocycles. The zero-order valence-electron chi connectivity index (χ0n) is 15.3. The van der Waals surface area contributed by atoms with E-state index >= 15 is 0 Å². The van der Waals surface area contributed by atoms with Gasteiger partial charge in [0, 0.05) is 13.2 Å². The van der Waals surface area contributed by atoms with E-state index in [1.165, 1.54) is 36.3 Å². The highest BCUT2D eigenvalue weighted by Gasteiger charge is 2.37. The number of rotatable bonds is 7. The Balaban J connectivity index is 1.67. The molecule has 2 atom stereocenters. The number of hydrogen-bond donors (Lipinski definition) is 2. The Bertz CT molecular complexity index is 968. The van der Waals surface area contributed by atoms with E-state index in [0.29, 0.717) is 5.75 Å². The van der Waals surface area contributed by atoms with Gasteiger partial charge in [-0.15, -0.1) is 0 Å². The molecule has 156 valence electrons. The van der Waals surface area contributed by atoms with Gasteiger partial charge >= 0.3 is 16.4 Å². The molecule has 0 aromatic heterocycles. The largest absolute Gasteiger partial charge is 0.486 e. The van der Waals surface area contributed by atoms with Crippen molar-refractivity contribution in [2.45, 2.75) is 12.2 Å². The number of nitrogens with zero attached hydrogens (tertiary/aromatic N) is 1. The molecule has 0 bridgehead atoms. The molecule has 1 fully saturated rings. The highest BCUT2D eigenvalue weighted by atomic mass is 32.2. The maximum absolute atomic E-state index is 12.9. The van der Waals surface area contributed by atoms with Crippen molar-refractivity contribution in [3.05, 3.63) is 54.3 Å². The minimum absolute atomic E-state index is 0.0473. The first-order valence-electron chi connectivity index (χ1n) is 8.51. The predicted octanol–water partition coefficient (Wildman–Crippen LogP) is 2.32. The summed E-state index contributed by atoms with van der Waals surface area (Å²) in [6, 6.07) is 10.6. The van der Waals surface area contributed by atoms with Crippen LogP contribution in [0.3, 0.4) is 0 Å². The molecule has 0 saturated carbocycles. The van der Waals surface area contributed by atoms with Crippen molar-refractivity contribution >= 4 is 22.1 Å². The summed E-state index contributed by atoms with van der Waals surface area (Å²) in [7, 11) is -2.76. The summed E-state index contributed by atoms with van der Waals surface area (Å²) in [6.07, 6.45) is -2.07. The molecule has 1 heterocycles. The molecule has 2 aromatic carbocycles. The van der Waals surface area contributed by atoms with Crippen molar-refractivity contribution < 1.29 is 36.4 Å². The van der Waals surface area contributed by atoms with E-state index in [0.717, 1.165) is 12.1 Å². The smallest absolute Gasteiger partial charge is 0.407 e. The van der Waals surface area contributed by atoms with Crippen LogP contribution in [-0.4, -0.2) is 56.9 Å². The number of amides is 1. The summed E-state index contributed by atoms with van der Waals surface area (Å²) in [4.78, 5) is 12.3. The van der Waals surface area contributed by atoms with Crippen LogP contribution in [0, 0.1) is 5.82 Å². The number of carboxylic acid groups (broad SMARTS) is 1. The number of nitrogens with one attached hydrogen (secondary N) is 1. The molecular formula is C18H19FN2O7S. The van der Waals surface area contributed by atoms with E-state index in [1.54, 1.807) is 12.1 Å². The fraction of sp³-hybridized carbons (Fsp3) is 0.278. The summed E-state index contributed by atoms with van der Waals surface area (Å²) >= 11 is 0. The van der Waals surface area contributed by atoms with Crippen LogP contribution in [-0.2, 0) is 15.0 Å². The highest BCUT2D eigenvalue weighted by Crippen LogP contribution is 2.24. The molecule has 2 N–H and O–H groups in total. The van der Waals surface area contributed by atoms with Gasteiger partial charge in [0.15, 0.2) is 0 Å². The first-order valence-corrected chi connectivity index (χ1v) is 9.92. The first-order chi connectivity index (χ1) is 13.8. The molecule has 3 rings (SSSR count). The summed E-state index contributed by atoms with van der Waals surface area (Å²) in [5, 5.41) is 9.12. The Hall–Kier alpha value is -3.05. The molecule has 1 aliphatic rings. The molecule has 2 aromatic rings. The third kappa shape index (κ3) is 5.48. The Morgan fingerprint density at radius 1 is 1.14 bits per heavy atom. The highest BCUT2D eigenvalue weighted by molar-refractivity contribution is 7.88. The van der Waals surface area contributed by atoms with Crippen molar-refractivity contribution in [2.24, 2.45) is 0 Å². The van der Waals surface area contributed by atoms with Gasteiger partial charge in [0.2, 0.25) is 0 Å². The second-order valence-electron chi connectivity index (χ2n) is 6.24. The second-order valence-corrected chi connectivity index (χ2v) is 7.52. The molecular weight excluding hydrogens is 407 g/mol. The molecule has 9 nitrogen and oxygen atoms in total. The Morgan fingerprint density at radius 2 is 1.83 bits per heavy atom. The van der Waals surface area contributed by atoms with Gasteiger partial charge in [0.1, 0.15) is 29.5 Å². The van der Waals surface area contributed by atoms with E-state index in [-0.39, 0.29) is 24.5 Å². The van der Waals surface area contributed by atoms with Gasteiger partial charge < -0.3 is 23.7 Å². The number of carbonyl (C=O) groups is 1. The SMILES string of the molecule is CO[C@@H]1CN(C(=O)O)C[C@H]1Oc1cccc(NS(=O)(=O)Oc2ccc(F)cc2)c1. The lowest BCUT2D eigenvalue weighted by Gasteiger charge is -2.19. The average molecular weight is 426 g/mol. The lowest BCUT2D eigenvalue weighted by molar-refractivity contribution is 0.0341. The number of methoxy groups -OCH3 is 1. The standard InChI is InChI=1S/C18H19FN2O7S/c1-26-16-10-21(18(22)23)11-17(16)27-15-4-2-3-13(9-15)20-29(24,25)28-14-7-5-12(19)6-8-14/h2-9,16-17,20H,10-11H2,1H3,(H,22,23)/t16-,17-/m1/s1. The number of halogens is 1. The third-order valence-electron chi connectivity index (χ3n) is 4.17. The van der Waals surface area contributed by atoms with Crippen LogP contribution in [0.4, 0.5) is 14.9 Å². The van der Waals surface area contributed by atoms with Crippen molar-refractivity contribution in [1.82, 2.24) is 4.90 Å². The summed E-state index contributed by atoms with van der Waals surface area (Å²) < 4.78 is 55.4. The second kappa shape index (κ2) is 8.53. The fourth-order valence-corrected chi connectivity index (χ4v) is 3.65. The normalized spacial score (nSPS) is 19.0. The quantitative estimate of drug-likeness (QED) is 0.698. The van der Waals surface area contributed by atoms with E-state index in [9.17, 15) is 17.6 Å². The van der Waals surface area contributed by atoms with Crippen molar-refractivity contribution in [2.75, 3.05) is 24.9 Å². The van der Waals surface area contributed by atoms with Gasteiger partial charge in [-0.2, -0.15) is 8.42 Å². The number of hydrogen-bond acceptors (Lipinski definition) is 6. The van der Waals surface area contributed by atoms with Gasteiger partial charge in [0.25, 0.3) is 0 Å². The van der Waals surface area contributed by atoms with Crippen LogP contribution >= 0.6 is 0 Å². The van der Waals surface area contributed by atoms with Crippen molar-refractivity contribution in [3.8, 4) is 11.5 Å². The fourth-order valence-electron chi connectivity index (χ4n) is 2.83. The Morgan fingerprint density at radius 3 is 2.48 bits per heavy atom. The van der Waals surface area contributed by atoms with Crippen molar-refractivity contribution in [1.29, 1.82) is 0 Å². The molecule has 1 saturated heterocycles. The number of ether oxygens (including phenoxy) is 2. The Labute approximate surface area is 166 Å². The maximum Gasteiger partial charge on any atom is 0.407 e. The van der Waals surface area contributed by atoms with E-state index < -0.39 is 34.4 Å². The number of benzene rings is 2. The minimum Gasteiger partial charge on any atom is -0.486 e. The van der Waals surface area contributed by atoms with Crippen LogP contribution in [0.15, 0.2) is 48.5 Å². The minimum atomic E-state index is -4.22.